The van der Waals surface area contributed by atoms with E-state index in [9.17, 15) is 0 Å². The molecule has 1 aliphatic rings. The molecule has 1 aliphatic heterocycles. The molecule has 1 aromatic rings. The third-order valence-electron chi connectivity index (χ3n) is 3.10. The molecule has 2 rings (SSSR count). The Kier molecular flexibility index (Phi) is 2.57. The van der Waals surface area contributed by atoms with Gasteiger partial charge in [-0.15, -0.1) is 11.3 Å². The van der Waals surface area contributed by atoms with Crippen molar-refractivity contribution in [2.24, 2.45) is 0 Å². The van der Waals surface area contributed by atoms with Gasteiger partial charge in [-0.05, 0) is 27.7 Å². The third-order valence-corrected chi connectivity index (χ3v) is 4.03. The SMILES string of the molecule is CC1(C)OB(c2cnc(C#N)s2)OC1(C)C. The van der Waals surface area contributed by atoms with Crippen LogP contribution in [0.15, 0.2) is 6.20 Å². The molecule has 84 valence electrons. The zero-order chi connectivity index (χ0) is 12.0. The lowest BCUT2D eigenvalue weighted by Gasteiger charge is -2.32. The predicted molar refractivity (Wildman–Crippen MR) is 62.5 cm³/mol. The van der Waals surface area contributed by atoms with E-state index in [1.165, 1.54) is 11.3 Å². The largest absolute Gasteiger partial charge is 0.507 e. The maximum atomic E-state index is 8.72. The molecule has 0 amide bonds. The van der Waals surface area contributed by atoms with Crippen molar-refractivity contribution >= 4 is 23.2 Å². The molecule has 0 aromatic carbocycles. The summed E-state index contributed by atoms with van der Waals surface area (Å²) in [4.78, 5) is 3.97. The molecule has 0 N–H and O–H groups in total. The minimum Gasteiger partial charge on any atom is -0.399 e. The number of hydrogen-bond donors (Lipinski definition) is 0. The van der Waals surface area contributed by atoms with Crippen LogP contribution in [0.2, 0.25) is 0 Å². The summed E-state index contributed by atoms with van der Waals surface area (Å²) in [5.41, 5.74) is -0.705. The zero-order valence-corrected chi connectivity index (χ0v) is 10.6. The van der Waals surface area contributed by atoms with Crippen molar-refractivity contribution in [2.75, 3.05) is 0 Å². The van der Waals surface area contributed by atoms with Crippen LogP contribution in [0.3, 0.4) is 0 Å². The molecule has 0 unspecified atom stereocenters. The molecule has 0 saturated carbocycles. The molecule has 0 aliphatic carbocycles. The second kappa shape index (κ2) is 3.55. The fraction of sp³-hybridized carbons (Fsp3) is 0.600. The van der Waals surface area contributed by atoms with Crippen LogP contribution in [-0.4, -0.2) is 23.3 Å². The van der Waals surface area contributed by atoms with E-state index in [1.807, 2.05) is 33.8 Å². The van der Waals surface area contributed by atoms with Crippen LogP contribution >= 0.6 is 11.3 Å². The van der Waals surface area contributed by atoms with Gasteiger partial charge in [0.25, 0.3) is 0 Å². The first-order valence-corrected chi connectivity index (χ1v) is 5.89. The Balaban J connectivity index is 2.24. The molecular weight excluding hydrogens is 223 g/mol. The summed E-state index contributed by atoms with van der Waals surface area (Å²) >= 11 is 1.31. The lowest BCUT2D eigenvalue weighted by molar-refractivity contribution is 0.00578. The molecule has 4 nitrogen and oxygen atoms in total. The number of hydrogen-bond acceptors (Lipinski definition) is 5. The third kappa shape index (κ3) is 1.75. The fourth-order valence-electron chi connectivity index (χ4n) is 1.41. The first-order chi connectivity index (χ1) is 7.36. The molecule has 2 heterocycles. The van der Waals surface area contributed by atoms with E-state index >= 15 is 0 Å². The van der Waals surface area contributed by atoms with E-state index in [-0.39, 0.29) is 11.2 Å². The van der Waals surface area contributed by atoms with Crippen LogP contribution in [0.1, 0.15) is 32.7 Å². The Morgan fingerprint density at radius 3 is 2.31 bits per heavy atom. The van der Waals surface area contributed by atoms with Crippen LogP contribution in [0.5, 0.6) is 0 Å². The molecule has 0 atom stereocenters. The normalized spacial score (nSPS) is 22.1. The number of nitrogens with zero attached hydrogens (tertiary/aromatic N) is 2. The van der Waals surface area contributed by atoms with Crippen LogP contribution in [-0.2, 0) is 9.31 Å². The Hall–Kier alpha value is -0.895. The molecule has 16 heavy (non-hydrogen) atoms. The summed E-state index contributed by atoms with van der Waals surface area (Å²) in [6.07, 6.45) is 1.64. The van der Waals surface area contributed by atoms with E-state index in [2.05, 4.69) is 4.98 Å². The average molecular weight is 236 g/mol. The Bertz CT molecular complexity index is 434. The number of aromatic nitrogens is 1. The Morgan fingerprint density at radius 2 is 1.88 bits per heavy atom. The van der Waals surface area contributed by atoms with Crippen molar-refractivity contribution in [3.05, 3.63) is 11.2 Å². The highest BCUT2D eigenvalue weighted by Crippen LogP contribution is 2.36. The fourth-order valence-corrected chi connectivity index (χ4v) is 2.08. The molecule has 6 heteroatoms. The van der Waals surface area contributed by atoms with Gasteiger partial charge >= 0.3 is 7.12 Å². The van der Waals surface area contributed by atoms with Crippen molar-refractivity contribution in [1.29, 1.82) is 5.26 Å². The van der Waals surface area contributed by atoms with Crippen molar-refractivity contribution < 1.29 is 9.31 Å². The van der Waals surface area contributed by atoms with Gasteiger partial charge in [0.1, 0.15) is 6.07 Å². The number of thiazole rings is 1. The molecule has 0 radical (unpaired) electrons. The summed E-state index contributed by atoms with van der Waals surface area (Å²) in [7, 11) is -0.412. The zero-order valence-electron chi connectivity index (χ0n) is 9.77. The second-order valence-electron chi connectivity index (χ2n) is 4.77. The van der Waals surface area contributed by atoms with Crippen LogP contribution in [0.25, 0.3) is 0 Å². The Labute approximate surface area is 99.4 Å². The monoisotopic (exact) mass is 236 g/mol. The summed E-state index contributed by atoms with van der Waals surface area (Å²) in [6.45, 7) is 8.00. The van der Waals surface area contributed by atoms with Gasteiger partial charge in [0.2, 0.25) is 0 Å². The van der Waals surface area contributed by atoms with Gasteiger partial charge in [-0.25, -0.2) is 4.98 Å². The highest BCUT2D eigenvalue weighted by Gasteiger charge is 2.52. The van der Waals surface area contributed by atoms with Crippen LogP contribution < -0.4 is 4.78 Å². The summed E-state index contributed by atoms with van der Waals surface area (Å²) in [5, 5.41) is 9.15. The minimum absolute atomic E-state index is 0.353. The van der Waals surface area contributed by atoms with Gasteiger partial charge in [0.15, 0.2) is 5.01 Å². The molecule has 1 saturated heterocycles. The van der Waals surface area contributed by atoms with Gasteiger partial charge in [0, 0.05) is 6.20 Å². The highest BCUT2D eigenvalue weighted by atomic mass is 32.1. The van der Waals surface area contributed by atoms with Gasteiger partial charge < -0.3 is 9.31 Å². The lowest BCUT2D eigenvalue weighted by Crippen LogP contribution is -2.41. The minimum atomic E-state index is -0.412. The smallest absolute Gasteiger partial charge is 0.399 e. The summed E-state index contributed by atoms with van der Waals surface area (Å²) < 4.78 is 12.5. The summed E-state index contributed by atoms with van der Waals surface area (Å²) in [5.74, 6) is 0. The van der Waals surface area contributed by atoms with Crippen molar-refractivity contribution in [3.63, 3.8) is 0 Å². The number of nitriles is 1. The summed E-state index contributed by atoms with van der Waals surface area (Å²) in [6, 6.07) is 2.01. The Morgan fingerprint density at radius 1 is 1.31 bits per heavy atom. The van der Waals surface area contributed by atoms with Gasteiger partial charge in [0.05, 0.1) is 16.0 Å². The van der Waals surface area contributed by atoms with Crippen molar-refractivity contribution in [2.45, 2.75) is 38.9 Å². The van der Waals surface area contributed by atoms with Crippen LogP contribution in [0, 0.1) is 11.3 Å². The highest BCUT2D eigenvalue weighted by molar-refractivity contribution is 7.22. The predicted octanol–water partition coefficient (Wildman–Crippen LogP) is 1.31. The van der Waals surface area contributed by atoms with Gasteiger partial charge in [-0.3, -0.25) is 0 Å². The molecule has 1 aromatic heterocycles. The first-order valence-electron chi connectivity index (χ1n) is 5.07. The van der Waals surface area contributed by atoms with Crippen LogP contribution in [0.4, 0.5) is 0 Å². The standard InChI is InChI=1S/C10H13BN2O2S/c1-9(2)10(3,4)15-11(14-9)7-6-13-8(5-12)16-7/h6H,1-4H3. The molecule has 0 bridgehead atoms. The molecule has 1 fully saturated rings. The topological polar surface area (TPSA) is 55.1 Å². The second-order valence-corrected chi connectivity index (χ2v) is 5.83. The quantitative estimate of drug-likeness (QED) is 0.690. The molecular formula is C10H13BN2O2S. The van der Waals surface area contributed by atoms with E-state index in [4.69, 9.17) is 14.6 Å². The maximum absolute atomic E-state index is 8.72. The lowest BCUT2D eigenvalue weighted by atomic mass is 9.89. The molecule has 0 spiro atoms. The van der Waals surface area contributed by atoms with E-state index in [1.54, 1.807) is 6.20 Å². The number of rotatable bonds is 1. The average Bonchev–Trinajstić information content (AvgIpc) is 2.70. The van der Waals surface area contributed by atoms with E-state index < -0.39 is 7.12 Å². The maximum Gasteiger partial charge on any atom is 0.507 e. The van der Waals surface area contributed by atoms with Gasteiger partial charge in [-0.2, -0.15) is 5.26 Å². The van der Waals surface area contributed by atoms with Crippen molar-refractivity contribution in [3.8, 4) is 6.07 Å². The van der Waals surface area contributed by atoms with E-state index in [0.29, 0.717) is 5.01 Å². The van der Waals surface area contributed by atoms with Gasteiger partial charge in [-0.1, -0.05) is 0 Å². The van der Waals surface area contributed by atoms with Crippen molar-refractivity contribution in [1.82, 2.24) is 4.98 Å². The van der Waals surface area contributed by atoms with E-state index in [0.717, 1.165) is 4.78 Å². The first kappa shape index (κ1) is 11.6.